The number of carbonyl (C=O) groups is 2. The van der Waals surface area contributed by atoms with E-state index in [4.69, 9.17) is 5.73 Å². The standard InChI is InChI=1S/C14H18N2O3/c15-8-2-7-13(17)16-9-3-5-10-11(14(18)19)4-1-6-12(10)16/h1,4,6H,2-3,5,7-9,15H2,(H,18,19). The van der Waals surface area contributed by atoms with Crippen LogP contribution >= 0.6 is 0 Å². The summed E-state index contributed by atoms with van der Waals surface area (Å²) in [5, 5.41) is 9.19. The highest BCUT2D eigenvalue weighted by Gasteiger charge is 2.25. The number of aromatic carboxylic acids is 1. The molecule has 1 aromatic carbocycles. The number of benzene rings is 1. The summed E-state index contributed by atoms with van der Waals surface area (Å²) in [5.74, 6) is -0.915. The maximum atomic E-state index is 12.1. The van der Waals surface area contributed by atoms with Gasteiger partial charge in [0.2, 0.25) is 5.91 Å². The molecule has 0 saturated carbocycles. The molecule has 0 bridgehead atoms. The molecule has 0 fully saturated rings. The molecule has 5 nitrogen and oxygen atoms in total. The summed E-state index contributed by atoms with van der Waals surface area (Å²) < 4.78 is 0. The third kappa shape index (κ3) is 2.76. The van der Waals surface area contributed by atoms with Gasteiger partial charge in [-0.2, -0.15) is 0 Å². The van der Waals surface area contributed by atoms with Crippen LogP contribution in [0.5, 0.6) is 0 Å². The minimum atomic E-state index is -0.937. The van der Waals surface area contributed by atoms with Gasteiger partial charge in [-0.25, -0.2) is 4.79 Å². The predicted molar refractivity (Wildman–Crippen MR) is 72.4 cm³/mol. The fourth-order valence-corrected chi connectivity index (χ4v) is 2.47. The first-order valence-electron chi connectivity index (χ1n) is 6.50. The lowest BCUT2D eigenvalue weighted by Gasteiger charge is -2.30. The van der Waals surface area contributed by atoms with Gasteiger partial charge < -0.3 is 15.7 Å². The number of hydrogen-bond acceptors (Lipinski definition) is 3. The van der Waals surface area contributed by atoms with Crippen molar-refractivity contribution in [1.29, 1.82) is 0 Å². The van der Waals surface area contributed by atoms with E-state index < -0.39 is 5.97 Å². The molecule has 0 spiro atoms. The highest BCUT2D eigenvalue weighted by Crippen LogP contribution is 2.30. The van der Waals surface area contributed by atoms with Crippen LogP contribution < -0.4 is 10.6 Å². The second kappa shape index (κ2) is 5.84. The van der Waals surface area contributed by atoms with Crippen molar-refractivity contribution in [1.82, 2.24) is 0 Å². The molecule has 0 saturated heterocycles. The van der Waals surface area contributed by atoms with Gasteiger partial charge in [-0.15, -0.1) is 0 Å². The Balaban J connectivity index is 2.32. The minimum absolute atomic E-state index is 0.0222. The summed E-state index contributed by atoms with van der Waals surface area (Å²) >= 11 is 0. The Morgan fingerprint density at radius 1 is 1.37 bits per heavy atom. The van der Waals surface area contributed by atoms with E-state index in [-0.39, 0.29) is 5.91 Å². The van der Waals surface area contributed by atoms with Gasteiger partial charge in [0.15, 0.2) is 0 Å². The Morgan fingerprint density at radius 3 is 2.84 bits per heavy atom. The zero-order valence-corrected chi connectivity index (χ0v) is 10.8. The van der Waals surface area contributed by atoms with Gasteiger partial charge in [-0.1, -0.05) is 6.07 Å². The molecule has 1 heterocycles. The third-order valence-corrected chi connectivity index (χ3v) is 3.38. The Bertz CT molecular complexity index is 499. The van der Waals surface area contributed by atoms with E-state index in [9.17, 15) is 14.7 Å². The molecule has 0 aliphatic carbocycles. The molecule has 3 N–H and O–H groups in total. The minimum Gasteiger partial charge on any atom is -0.478 e. The number of hydrogen-bond donors (Lipinski definition) is 2. The van der Waals surface area contributed by atoms with Gasteiger partial charge >= 0.3 is 5.97 Å². The molecular formula is C14H18N2O3. The number of fused-ring (bicyclic) bond motifs is 1. The van der Waals surface area contributed by atoms with E-state index in [0.717, 1.165) is 17.7 Å². The first kappa shape index (κ1) is 13.5. The topological polar surface area (TPSA) is 83.6 Å². The van der Waals surface area contributed by atoms with E-state index in [2.05, 4.69) is 0 Å². The normalized spacial score (nSPS) is 14.1. The SMILES string of the molecule is NCCCC(=O)N1CCCc2c(C(=O)O)cccc21. The maximum Gasteiger partial charge on any atom is 0.336 e. The largest absolute Gasteiger partial charge is 0.478 e. The molecular weight excluding hydrogens is 244 g/mol. The Morgan fingerprint density at radius 2 is 2.16 bits per heavy atom. The van der Waals surface area contributed by atoms with E-state index in [1.807, 2.05) is 6.07 Å². The number of amides is 1. The van der Waals surface area contributed by atoms with Gasteiger partial charge in [0.05, 0.1) is 5.56 Å². The van der Waals surface area contributed by atoms with Crippen LogP contribution in [-0.4, -0.2) is 30.1 Å². The molecule has 102 valence electrons. The van der Waals surface area contributed by atoms with Crippen LogP contribution in [0.1, 0.15) is 35.2 Å². The summed E-state index contributed by atoms with van der Waals surface area (Å²) in [6.45, 7) is 1.14. The van der Waals surface area contributed by atoms with Crippen LogP contribution in [0.15, 0.2) is 18.2 Å². The summed E-state index contributed by atoms with van der Waals surface area (Å²) in [6.07, 6.45) is 2.57. The molecule has 19 heavy (non-hydrogen) atoms. The van der Waals surface area contributed by atoms with Crippen molar-refractivity contribution in [3.8, 4) is 0 Å². The highest BCUT2D eigenvalue weighted by molar-refractivity contribution is 5.98. The van der Waals surface area contributed by atoms with Crippen LogP contribution in [0, 0.1) is 0 Å². The lowest BCUT2D eigenvalue weighted by Crippen LogP contribution is -2.36. The zero-order chi connectivity index (χ0) is 13.8. The summed E-state index contributed by atoms with van der Waals surface area (Å²) in [4.78, 5) is 25.0. The van der Waals surface area contributed by atoms with Crippen molar-refractivity contribution >= 4 is 17.6 Å². The third-order valence-electron chi connectivity index (χ3n) is 3.38. The van der Waals surface area contributed by atoms with E-state index in [1.165, 1.54) is 0 Å². The van der Waals surface area contributed by atoms with E-state index in [0.29, 0.717) is 37.9 Å². The van der Waals surface area contributed by atoms with Crippen molar-refractivity contribution < 1.29 is 14.7 Å². The van der Waals surface area contributed by atoms with Gasteiger partial charge in [0, 0.05) is 18.7 Å². The molecule has 1 amide bonds. The molecule has 0 aromatic heterocycles. The molecule has 0 radical (unpaired) electrons. The van der Waals surface area contributed by atoms with Crippen LogP contribution in [-0.2, 0) is 11.2 Å². The first-order chi connectivity index (χ1) is 9.15. The molecule has 5 heteroatoms. The Labute approximate surface area is 112 Å². The Kier molecular flexibility index (Phi) is 4.16. The number of rotatable bonds is 4. The van der Waals surface area contributed by atoms with Crippen LogP contribution in [0.4, 0.5) is 5.69 Å². The molecule has 2 rings (SSSR count). The van der Waals surface area contributed by atoms with Gasteiger partial charge in [0.25, 0.3) is 0 Å². The molecule has 0 atom stereocenters. The molecule has 1 aromatic rings. The van der Waals surface area contributed by atoms with Crippen LogP contribution in [0.3, 0.4) is 0 Å². The van der Waals surface area contributed by atoms with Crippen molar-refractivity contribution in [2.24, 2.45) is 5.73 Å². The second-order valence-corrected chi connectivity index (χ2v) is 4.65. The quantitative estimate of drug-likeness (QED) is 0.859. The van der Waals surface area contributed by atoms with Crippen molar-refractivity contribution in [3.63, 3.8) is 0 Å². The van der Waals surface area contributed by atoms with Crippen molar-refractivity contribution in [3.05, 3.63) is 29.3 Å². The zero-order valence-electron chi connectivity index (χ0n) is 10.8. The lowest BCUT2D eigenvalue weighted by molar-refractivity contribution is -0.118. The summed E-state index contributed by atoms with van der Waals surface area (Å²) in [7, 11) is 0. The summed E-state index contributed by atoms with van der Waals surface area (Å²) in [5.41, 5.74) is 7.23. The Hall–Kier alpha value is -1.88. The van der Waals surface area contributed by atoms with Gasteiger partial charge in [0.1, 0.15) is 0 Å². The molecule has 1 aliphatic rings. The smallest absolute Gasteiger partial charge is 0.336 e. The van der Waals surface area contributed by atoms with Gasteiger partial charge in [-0.3, -0.25) is 4.79 Å². The fourth-order valence-electron chi connectivity index (χ4n) is 2.47. The number of nitrogens with two attached hydrogens (primary N) is 1. The number of carbonyl (C=O) groups excluding carboxylic acids is 1. The number of nitrogens with zero attached hydrogens (tertiary/aromatic N) is 1. The monoisotopic (exact) mass is 262 g/mol. The average Bonchev–Trinajstić information content (AvgIpc) is 2.43. The predicted octanol–water partition coefficient (Wildman–Crippen LogP) is 1.40. The lowest BCUT2D eigenvalue weighted by atomic mass is 9.96. The number of carboxylic acid groups (broad SMARTS) is 1. The maximum absolute atomic E-state index is 12.1. The fraction of sp³-hybridized carbons (Fsp3) is 0.429. The molecule has 1 aliphatic heterocycles. The van der Waals surface area contributed by atoms with Gasteiger partial charge in [-0.05, 0) is 43.5 Å². The van der Waals surface area contributed by atoms with Crippen molar-refractivity contribution in [2.75, 3.05) is 18.0 Å². The van der Waals surface area contributed by atoms with E-state index >= 15 is 0 Å². The van der Waals surface area contributed by atoms with Crippen molar-refractivity contribution in [2.45, 2.75) is 25.7 Å². The van der Waals surface area contributed by atoms with Crippen LogP contribution in [0.2, 0.25) is 0 Å². The highest BCUT2D eigenvalue weighted by atomic mass is 16.4. The second-order valence-electron chi connectivity index (χ2n) is 4.65. The number of carboxylic acids is 1. The summed E-state index contributed by atoms with van der Waals surface area (Å²) in [6, 6.07) is 5.10. The number of anilines is 1. The molecule has 0 unspecified atom stereocenters. The van der Waals surface area contributed by atoms with E-state index in [1.54, 1.807) is 17.0 Å². The van der Waals surface area contributed by atoms with Crippen LogP contribution in [0.25, 0.3) is 0 Å². The average molecular weight is 262 g/mol. The first-order valence-corrected chi connectivity index (χ1v) is 6.50.